The van der Waals surface area contributed by atoms with Gasteiger partial charge in [-0.15, -0.1) is 0 Å². The largest absolute Gasteiger partial charge is 0.496 e. The van der Waals surface area contributed by atoms with E-state index in [0.717, 1.165) is 27.4 Å². The van der Waals surface area contributed by atoms with Crippen LogP contribution in [-0.2, 0) is 0 Å². The second kappa shape index (κ2) is 8.43. The maximum Gasteiger partial charge on any atom is 0.259 e. The van der Waals surface area contributed by atoms with Crippen molar-refractivity contribution in [3.05, 3.63) is 90.0 Å². The predicted octanol–water partition coefficient (Wildman–Crippen LogP) is 7.03. The summed E-state index contributed by atoms with van der Waals surface area (Å²) in [6.07, 6.45) is 0. The van der Waals surface area contributed by atoms with Crippen molar-refractivity contribution in [3.63, 3.8) is 0 Å². The van der Waals surface area contributed by atoms with Crippen LogP contribution in [0.4, 0.5) is 5.69 Å². The number of ether oxygens (including phenoxy) is 1. The number of carbonyl (C=O) groups excluding carboxylic acids is 1. The van der Waals surface area contributed by atoms with Gasteiger partial charge in [-0.25, -0.2) is 4.98 Å². The van der Waals surface area contributed by atoms with Crippen LogP contribution < -0.4 is 10.1 Å². The van der Waals surface area contributed by atoms with Gasteiger partial charge >= 0.3 is 0 Å². The molecule has 0 fully saturated rings. The minimum absolute atomic E-state index is 0.242. The molecule has 0 aliphatic carbocycles. The van der Waals surface area contributed by atoms with E-state index >= 15 is 0 Å². The Labute approximate surface area is 192 Å². The van der Waals surface area contributed by atoms with Crippen LogP contribution in [0.2, 0.25) is 0 Å². The summed E-state index contributed by atoms with van der Waals surface area (Å²) in [6, 6.07) is 25.2. The quantitative estimate of drug-likeness (QED) is 0.321. The van der Waals surface area contributed by atoms with Crippen molar-refractivity contribution in [2.24, 2.45) is 0 Å². The number of amides is 1. The number of aromatic nitrogens is 1. The summed E-state index contributed by atoms with van der Waals surface area (Å²) < 4.78 is 11.5. The minimum atomic E-state index is -0.242. The molecule has 0 atom stereocenters. The summed E-state index contributed by atoms with van der Waals surface area (Å²) in [7, 11) is 1.57. The predicted molar refractivity (Wildman–Crippen MR) is 132 cm³/mol. The SMILES string of the molecule is COc1cc2ccccc2cc1C(=O)Nc1cccc(-c2nc3cc(C(C)C)ccc3o2)c1. The van der Waals surface area contributed by atoms with Gasteiger partial charge in [-0.2, -0.15) is 0 Å². The lowest BCUT2D eigenvalue weighted by molar-refractivity contribution is 0.102. The fraction of sp³-hybridized carbons (Fsp3) is 0.143. The molecule has 1 amide bonds. The molecule has 0 bridgehead atoms. The lowest BCUT2D eigenvalue weighted by Gasteiger charge is -2.11. The van der Waals surface area contributed by atoms with Crippen molar-refractivity contribution < 1.29 is 13.9 Å². The van der Waals surface area contributed by atoms with E-state index in [4.69, 9.17) is 9.15 Å². The maximum absolute atomic E-state index is 13.1. The second-order valence-electron chi connectivity index (χ2n) is 8.34. The molecule has 5 heteroatoms. The number of methoxy groups -OCH3 is 1. The molecule has 1 N–H and O–H groups in total. The first-order valence-corrected chi connectivity index (χ1v) is 10.9. The van der Waals surface area contributed by atoms with Crippen molar-refractivity contribution in [1.82, 2.24) is 4.98 Å². The number of anilines is 1. The molecule has 0 unspecified atom stereocenters. The van der Waals surface area contributed by atoms with Crippen LogP contribution in [0.5, 0.6) is 5.75 Å². The highest BCUT2D eigenvalue weighted by Gasteiger charge is 2.15. The molecule has 0 aliphatic rings. The molecule has 0 saturated heterocycles. The van der Waals surface area contributed by atoms with Gasteiger partial charge in [-0.1, -0.05) is 50.2 Å². The summed E-state index contributed by atoms with van der Waals surface area (Å²) in [5, 5.41) is 4.97. The van der Waals surface area contributed by atoms with E-state index < -0.39 is 0 Å². The molecule has 5 rings (SSSR count). The van der Waals surface area contributed by atoms with Gasteiger partial charge in [0.25, 0.3) is 5.91 Å². The van der Waals surface area contributed by atoms with Crippen molar-refractivity contribution in [2.75, 3.05) is 12.4 Å². The first-order chi connectivity index (χ1) is 16.0. The van der Waals surface area contributed by atoms with Crippen LogP contribution in [0.25, 0.3) is 33.3 Å². The summed E-state index contributed by atoms with van der Waals surface area (Å²) in [5.41, 5.74) is 4.70. The topological polar surface area (TPSA) is 64.4 Å². The zero-order valence-corrected chi connectivity index (χ0v) is 18.8. The highest BCUT2D eigenvalue weighted by atomic mass is 16.5. The highest BCUT2D eigenvalue weighted by molar-refractivity contribution is 6.09. The number of carbonyl (C=O) groups is 1. The molecular weight excluding hydrogens is 412 g/mol. The zero-order chi connectivity index (χ0) is 22.9. The Morgan fingerprint density at radius 2 is 1.73 bits per heavy atom. The van der Waals surface area contributed by atoms with Gasteiger partial charge in [0.05, 0.1) is 12.7 Å². The molecule has 1 aromatic heterocycles. The van der Waals surface area contributed by atoms with Crippen LogP contribution in [-0.4, -0.2) is 18.0 Å². The first-order valence-electron chi connectivity index (χ1n) is 10.9. The maximum atomic E-state index is 13.1. The Morgan fingerprint density at radius 3 is 2.48 bits per heavy atom. The number of hydrogen-bond acceptors (Lipinski definition) is 4. The average molecular weight is 437 g/mol. The third-order valence-electron chi connectivity index (χ3n) is 5.76. The second-order valence-corrected chi connectivity index (χ2v) is 8.34. The molecule has 0 aliphatic heterocycles. The van der Waals surface area contributed by atoms with E-state index in [1.165, 1.54) is 5.56 Å². The zero-order valence-electron chi connectivity index (χ0n) is 18.8. The summed E-state index contributed by atoms with van der Waals surface area (Å²) in [6.45, 7) is 4.30. The molecule has 4 aromatic carbocycles. The number of hydrogen-bond donors (Lipinski definition) is 1. The Bertz CT molecular complexity index is 1480. The number of rotatable bonds is 5. The molecule has 0 saturated carbocycles. The van der Waals surface area contributed by atoms with Crippen molar-refractivity contribution in [3.8, 4) is 17.2 Å². The van der Waals surface area contributed by atoms with Gasteiger partial charge in [-0.05, 0) is 64.7 Å². The normalized spacial score (nSPS) is 11.3. The first kappa shape index (κ1) is 20.8. The molecule has 33 heavy (non-hydrogen) atoms. The Kier molecular flexibility index (Phi) is 5.31. The minimum Gasteiger partial charge on any atom is -0.496 e. The molecule has 5 nitrogen and oxygen atoms in total. The van der Waals surface area contributed by atoms with Crippen LogP contribution >= 0.6 is 0 Å². The number of fused-ring (bicyclic) bond motifs is 2. The summed E-state index contributed by atoms with van der Waals surface area (Å²) in [4.78, 5) is 17.8. The van der Waals surface area contributed by atoms with Crippen LogP contribution in [0.15, 0.2) is 83.3 Å². The Morgan fingerprint density at radius 1 is 0.939 bits per heavy atom. The number of nitrogens with one attached hydrogen (secondary N) is 1. The fourth-order valence-electron chi connectivity index (χ4n) is 3.92. The van der Waals surface area contributed by atoms with Crippen molar-refractivity contribution in [2.45, 2.75) is 19.8 Å². The third kappa shape index (κ3) is 4.05. The number of nitrogens with zero attached hydrogens (tertiary/aromatic N) is 1. The lowest BCUT2D eigenvalue weighted by atomic mass is 10.0. The third-order valence-corrected chi connectivity index (χ3v) is 5.76. The number of oxazole rings is 1. The van der Waals surface area contributed by atoms with Crippen LogP contribution in [0.3, 0.4) is 0 Å². The Balaban J connectivity index is 1.45. The van der Waals surface area contributed by atoms with Crippen molar-refractivity contribution >= 4 is 33.5 Å². The highest BCUT2D eigenvalue weighted by Crippen LogP contribution is 2.30. The van der Waals surface area contributed by atoms with E-state index in [2.05, 4.69) is 36.3 Å². The van der Waals surface area contributed by atoms with E-state index in [1.807, 2.05) is 66.7 Å². The van der Waals surface area contributed by atoms with E-state index in [-0.39, 0.29) is 5.91 Å². The van der Waals surface area contributed by atoms with Gasteiger partial charge in [-0.3, -0.25) is 4.79 Å². The molecule has 1 heterocycles. The van der Waals surface area contributed by atoms with E-state index in [0.29, 0.717) is 28.8 Å². The number of benzene rings is 4. The van der Waals surface area contributed by atoms with Gasteiger partial charge in [0.2, 0.25) is 5.89 Å². The fourth-order valence-corrected chi connectivity index (χ4v) is 3.92. The smallest absolute Gasteiger partial charge is 0.259 e. The van der Waals surface area contributed by atoms with Crippen LogP contribution in [0, 0.1) is 0 Å². The Hall–Kier alpha value is -4.12. The summed E-state index contributed by atoms with van der Waals surface area (Å²) in [5.74, 6) is 1.22. The lowest BCUT2D eigenvalue weighted by Crippen LogP contribution is -2.13. The van der Waals surface area contributed by atoms with E-state index in [1.54, 1.807) is 7.11 Å². The van der Waals surface area contributed by atoms with Gasteiger partial charge in [0.15, 0.2) is 5.58 Å². The molecule has 0 radical (unpaired) electrons. The molecular formula is C28H24N2O3. The van der Waals surface area contributed by atoms with Gasteiger partial charge in [0.1, 0.15) is 11.3 Å². The van der Waals surface area contributed by atoms with Crippen molar-refractivity contribution in [1.29, 1.82) is 0 Å². The monoisotopic (exact) mass is 436 g/mol. The average Bonchev–Trinajstić information content (AvgIpc) is 3.27. The standard InChI is InChI=1S/C28H24N2O3/c1-17(2)18-11-12-25-24(15-18)30-28(33-25)21-9-6-10-22(13-21)29-27(31)23-14-19-7-4-5-8-20(19)16-26(23)32-3/h4-17H,1-3H3,(H,29,31). The van der Waals surface area contributed by atoms with Gasteiger partial charge in [0, 0.05) is 11.3 Å². The van der Waals surface area contributed by atoms with E-state index in [9.17, 15) is 4.79 Å². The summed E-state index contributed by atoms with van der Waals surface area (Å²) >= 11 is 0. The van der Waals surface area contributed by atoms with Gasteiger partial charge < -0.3 is 14.5 Å². The molecule has 0 spiro atoms. The van der Waals surface area contributed by atoms with Crippen LogP contribution in [0.1, 0.15) is 35.7 Å². The molecule has 5 aromatic rings. The molecule has 164 valence electrons.